The molecule has 0 atom stereocenters. The van der Waals surface area contributed by atoms with E-state index >= 15 is 0 Å². The van der Waals surface area contributed by atoms with Crippen molar-refractivity contribution in [3.05, 3.63) is 26.9 Å². The van der Waals surface area contributed by atoms with Crippen LogP contribution in [0.2, 0.25) is 0 Å². The van der Waals surface area contributed by atoms with Gasteiger partial charge in [-0.1, -0.05) is 0 Å². The van der Waals surface area contributed by atoms with Crippen LogP contribution in [0.4, 0.5) is 4.39 Å². The molecule has 14 heavy (non-hydrogen) atoms. The number of benzene rings is 1. The Hall–Kier alpha value is 0.0200. The summed E-state index contributed by atoms with van der Waals surface area (Å²) >= 11 is 5.97. The molecule has 1 aromatic rings. The van der Waals surface area contributed by atoms with Gasteiger partial charge in [-0.15, -0.1) is 0 Å². The molecule has 0 aliphatic rings. The van der Waals surface area contributed by atoms with Crippen LogP contribution in [0.1, 0.15) is 0 Å². The van der Waals surface area contributed by atoms with Gasteiger partial charge in [0, 0.05) is 8.95 Å². The second-order valence-electron chi connectivity index (χ2n) is 2.41. The third-order valence-corrected chi connectivity index (χ3v) is 4.79. The van der Waals surface area contributed by atoms with Crippen molar-refractivity contribution in [2.24, 2.45) is 0 Å². The minimum absolute atomic E-state index is 0.0126. The van der Waals surface area contributed by atoms with Gasteiger partial charge in [-0.2, -0.15) is 0 Å². The summed E-state index contributed by atoms with van der Waals surface area (Å²) in [5.74, 6) is -0.515. The fourth-order valence-corrected chi connectivity index (χ4v) is 4.13. The van der Waals surface area contributed by atoms with Crippen molar-refractivity contribution in [3.63, 3.8) is 0 Å². The lowest BCUT2D eigenvalue weighted by molar-refractivity contribution is 0.585. The Bertz CT molecular complexity index is 438. The Morgan fingerprint density at radius 1 is 1.29 bits per heavy atom. The zero-order valence-electron chi connectivity index (χ0n) is 7.01. The number of halogens is 3. The van der Waals surface area contributed by atoms with Crippen molar-refractivity contribution in [2.45, 2.75) is 4.90 Å². The summed E-state index contributed by atoms with van der Waals surface area (Å²) in [6.45, 7) is 0. The van der Waals surface area contributed by atoms with Crippen LogP contribution in [0.15, 0.2) is 26.0 Å². The number of nitrogens with one attached hydrogen (secondary N) is 1. The molecule has 0 aromatic heterocycles. The van der Waals surface area contributed by atoms with Crippen LogP contribution >= 0.6 is 31.9 Å². The van der Waals surface area contributed by atoms with Crippen molar-refractivity contribution >= 4 is 41.9 Å². The van der Waals surface area contributed by atoms with Gasteiger partial charge in [-0.05, 0) is 51.0 Å². The highest BCUT2D eigenvalue weighted by Gasteiger charge is 2.20. The van der Waals surface area contributed by atoms with Gasteiger partial charge in [-0.25, -0.2) is 17.5 Å². The maximum Gasteiger partial charge on any atom is 0.242 e. The first-order valence-electron chi connectivity index (χ1n) is 3.46. The Kier molecular flexibility index (Phi) is 3.68. The third-order valence-electron chi connectivity index (χ3n) is 1.50. The highest BCUT2D eigenvalue weighted by Crippen LogP contribution is 2.30. The summed E-state index contributed by atoms with van der Waals surface area (Å²) < 4.78 is 38.3. The molecule has 3 nitrogen and oxygen atoms in total. The molecule has 0 aliphatic carbocycles. The minimum atomic E-state index is -3.59. The molecule has 0 saturated carbocycles. The van der Waals surface area contributed by atoms with Crippen LogP contribution in [0, 0.1) is 5.82 Å². The van der Waals surface area contributed by atoms with E-state index in [1.165, 1.54) is 7.05 Å². The van der Waals surface area contributed by atoms with Gasteiger partial charge < -0.3 is 0 Å². The minimum Gasteiger partial charge on any atom is -0.214 e. The fraction of sp³-hybridized carbons (Fsp3) is 0.143. The van der Waals surface area contributed by atoms with E-state index in [0.29, 0.717) is 0 Å². The Morgan fingerprint density at radius 2 is 1.71 bits per heavy atom. The molecule has 1 rings (SSSR count). The molecule has 7 heteroatoms. The summed E-state index contributed by atoms with van der Waals surface area (Å²) in [7, 11) is -2.30. The number of rotatable bonds is 2. The van der Waals surface area contributed by atoms with E-state index in [1.807, 2.05) is 0 Å². The molecule has 0 bridgehead atoms. The SMILES string of the molecule is CNS(=O)(=O)c1c(Br)cc(F)cc1Br. The second kappa shape index (κ2) is 4.26. The van der Waals surface area contributed by atoms with Crippen LogP contribution in [-0.4, -0.2) is 15.5 Å². The molecule has 0 heterocycles. The second-order valence-corrected chi connectivity index (χ2v) is 5.94. The van der Waals surface area contributed by atoms with Crippen molar-refractivity contribution in [1.82, 2.24) is 4.72 Å². The summed E-state index contributed by atoms with van der Waals surface area (Å²) in [6.07, 6.45) is 0. The maximum atomic E-state index is 12.8. The van der Waals surface area contributed by atoms with Crippen LogP contribution in [0.25, 0.3) is 0 Å². The molecule has 1 N–H and O–H groups in total. The van der Waals surface area contributed by atoms with Crippen molar-refractivity contribution in [3.8, 4) is 0 Å². The van der Waals surface area contributed by atoms with Gasteiger partial charge in [0.05, 0.1) is 0 Å². The third kappa shape index (κ3) is 2.33. The van der Waals surface area contributed by atoms with E-state index in [1.54, 1.807) is 0 Å². The number of hydrogen-bond donors (Lipinski definition) is 1. The lowest BCUT2D eigenvalue weighted by Gasteiger charge is -2.07. The largest absolute Gasteiger partial charge is 0.242 e. The van der Waals surface area contributed by atoms with Crippen molar-refractivity contribution < 1.29 is 12.8 Å². The number of hydrogen-bond acceptors (Lipinski definition) is 2. The maximum absolute atomic E-state index is 12.8. The normalized spacial score (nSPS) is 11.7. The van der Waals surface area contributed by atoms with E-state index < -0.39 is 15.8 Å². The zero-order chi connectivity index (χ0) is 10.9. The smallest absolute Gasteiger partial charge is 0.214 e. The number of sulfonamides is 1. The summed E-state index contributed by atoms with van der Waals surface area (Å²) in [6, 6.07) is 2.18. The van der Waals surface area contributed by atoms with E-state index in [4.69, 9.17) is 0 Å². The Balaban J connectivity index is 3.51. The van der Waals surface area contributed by atoms with Gasteiger partial charge in [0.25, 0.3) is 0 Å². The van der Waals surface area contributed by atoms with Gasteiger partial charge in [0.15, 0.2) is 0 Å². The van der Waals surface area contributed by atoms with Crippen LogP contribution in [0.5, 0.6) is 0 Å². The predicted octanol–water partition coefficient (Wildman–Crippen LogP) is 2.26. The molecule has 1 aromatic carbocycles. The van der Waals surface area contributed by atoms with Crippen LogP contribution in [-0.2, 0) is 10.0 Å². The van der Waals surface area contributed by atoms with E-state index in [-0.39, 0.29) is 13.8 Å². The first kappa shape index (κ1) is 12.1. The molecule has 0 amide bonds. The van der Waals surface area contributed by atoms with Gasteiger partial charge >= 0.3 is 0 Å². The first-order valence-corrected chi connectivity index (χ1v) is 6.53. The molecule has 0 radical (unpaired) electrons. The van der Waals surface area contributed by atoms with Crippen molar-refractivity contribution in [2.75, 3.05) is 7.05 Å². The van der Waals surface area contributed by atoms with Gasteiger partial charge in [0.2, 0.25) is 10.0 Å². The predicted molar refractivity (Wildman–Crippen MR) is 58.0 cm³/mol. The van der Waals surface area contributed by atoms with Crippen molar-refractivity contribution in [1.29, 1.82) is 0 Å². The highest BCUT2D eigenvalue weighted by atomic mass is 79.9. The average Bonchev–Trinajstić information content (AvgIpc) is 2.01. The molecular formula is C7H6Br2FNO2S. The van der Waals surface area contributed by atoms with Gasteiger partial charge in [-0.3, -0.25) is 0 Å². The molecule has 0 saturated heterocycles. The zero-order valence-corrected chi connectivity index (χ0v) is 11.0. The lowest BCUT2D eigenvalue weighted by Crippen LogP contribution is -2.19. The lowest BCUT2D eigenvalue weighted by atomic mass is 10.3. The van der Waals surface area contributed by atoms with E-state index in [2.05, 4.69) is 36.6 Å². The molecule has 0 unspecified atom stereocenters. The molecular weight excluding hydrogens is 341 g/mol. The molecule has 0 fully saturated rings. The summed E-state index contributed by atoms with van der Waals surface area (Å²) in [5, 5.41) is 0. The first-order chi connectivity index (χ1) is 6.38. The molecule has 78 valence electrons. The summed E-state index contributed by atoms with van der Waals surface area (Å²) in [4.78, 5) is -0.0126. The Morgan fingerprint density at radius 3 is 2.07 bits per heavy atom. The fourth-order valence-electron chi connectivity index (χ4n) is 0.888. The summed E-state index contributed by atoms with van der Waals surface area (Å²) in [5.41, 5.74) is 0. The topological polar surface area (TPSA) is 46.2 Å². The quantitative estimate of drug-likeness (QED) is 0.892. The van der Waals surface area contributed by atoms with E-state index in [0.717, 1.165) is 12.1 Å². The standard InChI is InChI=1S/C7H6Br2FNO2S/c1-11-14(12,13)7-5(8)2-4(10)3-6(7)9/h2-3,11H,1H3. The van der Waals surface area contributed by atoms with Crippen LogP contribution < -0.4 is 4.72 Å². The molecule has 0 spiro atoms. The van der Waals surface area contributed by atoms with Crippen LogP contribution in [0.3, 0.4) is 0 Å². The average molecular weight is 347 g/mol. The molecule has 0 aliphatic heterocycles. The highest BCUT2D eigenvalue weighted by molar-refractivity contribution is 9.11. The van der Waals surface area contributed by atoms with E-state index in [9.17, 15) is 12.8 Å². The van der Waals surface area contributed by atoms with Gasteiger partial charge in [0.1, 0.15) is 10.7 Å². The monoisotopic (exact) mass is 345 g/mol. The Labute approximate surface area is 98.0 Å².